The number of hydrogen-bond donors (Lipinski definition) is 1. The maximum Gasteiger partial charge on any atom is 0.244 e. The fraction of sp³-hybridized carbons (Fsp3) is 0.487. The largest absolute Gasteiger partial charge is 0.350 e. The molecule has 4 bridgehead atoms. The number of benzene rings is 3. The fourth-order valence-electron chi connectivity index (χ4n) is 8.90. The van der Waals surface area contributed by atoms with Crippen molar-refractivity contribution in [2.24, 2.45) is 17.8 Å². The van der Waals surface area contributed by atoms with Crippen LogP contribution in [0.5, 0.6) is 0 Å². The minimum atomic E-state index is -3.88. The molecule has 0 unspecified atom stereocenters. The number of carbonyl (C=O) groups is 2. The molecule has 0 aliphatic heterocycles. The zero-order chi connectivity index (χ0) is 35.1. The van der Waals surface area contributed by atoms with Crippen LogP contribution in [0.1, 0.15) is 76.0 Å². The molecule has 3 aromatic carbocycles. The van der Waals surface area contributed by atoms with Gasteiger partial charge in [-0.05, 0) is 123 Å². The average Bonchev–Trinajstić information content (AvgIpc) is 3.01. The molecule has 0 radical (unpaired) electrons. The Balaban J connectivity index is 1.32. The molecule has 4 fully saturated rings. The Bertz CT molecular complexity index is 1760. The predicted octanol–water partition coefficient (Wildman–Crippen LogP) is 7.78. The van der Waals surface area contributed by atoms with Gasteiger partial charge in [0.1, 0.15) is 12.6 Å². The molecule has 0 spiro atoms. The molecule has 7 nitrogen and oxygen atoms in total. The molecule has 4 aliphatic rings. The van der Waals surface area contributed by atoms with Crippen LogP contribution in [0, 0.1) is 17.8 Å². The van der Waals surface area contributed by atoms with Gasteiger partial charge in [-0.3, -0.25) is 13.9 Å². The van der Waals surface area contributed by atoms with E-state index in [1.165, 1.54) is 49.0 Å². The van der Waals surface area contributed by atoms with E-state index in [1.54, 1.807) is 18.2 Å². The van der Waals surface area contributed by atoms with Crippen LogP contribution in [0.2, 0.25) is 10.0 Å². The lowest BCUT2D eigenvalue weighted by atomic mass is 9.48. The van der Waals surface area contributed by atoms with E-state index < -0.39 is 34.1 Å². The van der Waals surface area contributed by atoms with E-state index in [1.807, 2.05) is 63.2 Å². The molecule has 10 heteroatoms. The second-order valence-corrected chi connectivity index (χ2v) is 18.5. The van der Waals surface area contributed by atoms with Crippen molar-refractivity contribution in [2.75, 3.05) is 17.1 Å². The van der Waals surface area contributed by atoms with Crippen molar-refractivity contribution in [3.63, 3.8) is 0 Å². The van der Waals surface area contributed by atoms with Gasteiger partial charge in [-0.15, -0.1) is 0 Å². The lowest BCUT2D eigenvalue weighted by Gasteiger charge is -2.57. The first kappa shape index (κ1) is 35.7. The number of sulfonamides is 1. The Morgan fingerprint density at radius 2 is 1.45 bits per heavy atom. The van der Waals surface area contributed by atoms with E-state index in [2.05, 4.69) is 17.4 Å². The summed E-state index contributed by atoms with van der Waals surface area (Å²) in [4.78, 5) is 30.0. The van der Waals surface area contributed by atoms with E-state index in [0.29, 0.717) is 21.3 Å². The number of anilines is 1. The minimum Gasteiger partial charge on any atom is -0.350 e. The molecule has 0 heterocycles. The summed E-state index contributed by atoms with van der Waals surface area (Å²) >= 11 is 12.6. The third-order valence-corrected chi connectivity index (χ3v) is 12.5. The Labute approximate surface area is 301 Å². The zero-order valence-corrected chi connectivity index (χ0v) is 31.1. The van der Waals surface area contributed by atoms with Crippen molar-refractivity contribution in [3.05, 3.63) is 99.5 Å². The second kappa shape index (κ2) is 13.9. The SMILES string of the molecule is CC(C)(C)NC(=O)[C@@H](Cc1ccccc1)N(Cc1ccc(Cl)c(Cl)c1)C(=O)CN(c1ccc(C23CC4CC(CC(C4)C2)C3)cc1)S(C)(=O)=O. The smallest absolute Gasteiger partial charge is 0.244 e. The Morgan fingerprint density at radius 1 is 0.857 bits per heavy atom. The quantitative estimate of drug-likeness (QED) is 0.219. The lowest BCUT2D eigenvalue weighted by molar-refractivity contribution is -0.140. The molecule has 0 saturated heterocycles. The second-order valence-electron chi connectivity index (χ2n) is 15.7. The van der Waals surface area contributed by atoms with Gasteiger partial charge in [0.05, 0.1) is 22.0 Å². The molecule has 2 amide bonds. The van der Waals surface area contributed by atoms with Gasteiger partial charge in [0.15, 0.2) is 0 Å². The molecule has 3 aromatic rings. The van der Waals surface area contributed by atoms with Crippen molar-refractivity contribution < 1.29 is 18.0 Å². The Hall–Kier alpha value is -3.07. The fourth-order valence-corrected chi connectivity index (χ4v) is 10.1. The third kappa shape index (κ3) is 8.29. The van der Waals surface area contributed by atoms with Crippen molar-refractivity contribution in [1.82, 2.24) is 10.2 Å². The van der Waals surface area contributed by atoms with Crippen molar-refractivity contribution in [1.29, 1.82) is 0 Å². The standard InChI is InChI=1S/C39H47Cl2N3O4S/c1-38(2,3)42-37(46)35(20-26-8-6-5-7-9-26)43(24-27-10-15-33(40)34(41)19-27)36(45)25-44(49(4,47)48)32-13-11-31(12-14-32)39-21-28-16-29(22-39)18-30(17-28)23-39/h5-15,19,28-30,35H,16-18,20-25H2,1-4H3,(H,42,46)/t28?,29?,30?,35-,39?/m1/s1. The molecule has 262 valence electrons. The van der Waals surface area contributed by atoms with E-state index in [0.717, 1.165) is 33.9 Å². The summed E-state index contributed by atoms with van der Waals surface area (Å²) in [5.41, 5.74) is 2.83. The molecule has 4 saturated carbocycles. The van der Waals surface area contributed by atoms with Gasteiger partial charge < -0.3 is 10.2 Å². The van der Waals surface area contributed by atoms with Gasteiger partial charge >= 0.3 is 0 Å². The number of nitrogens with zero attached hydrogens (tertiary/aromatic N) is 2. The molecular weight excluding hydrogens is 677 g/mol. The first-order chi connectivity index (χ1) is 23.1. The van der Waals surface area contributed by atoms with Crippen LogP contribution < -0.4 is 9.62 Å². The molecular formula is C39H47Cl2N3O4S. The van der Waals surface area contributed by atoms with Crippen LogP contribution in [0.4, 0.5) is 5.69 Å². The number of amides is 2. The van der Waals surface area contributed by atoms with E-state index >= 15 is 0 Å². The van der Waals surface area contributed by atoms with Crippen molar-refractivity contribution >= 4 is 50.7 Å². The summed E-state index contributed by atoms with van der Waals surface area (Å²) < 4.78 is 27.9. The van der Waals surface area contributed by atoms with E-state index in [9.17, 15) is 18.0 Å². The molecule has 49 heavy (non-hydrogen) atoms. The highest BCUT2D eigenvalue weighted by Crippen LogP contribution is 2.60. The lowest BCUT2D eigenvalue weighted by Crippen LogP contribution is -2.56. The number of carbonyl (C=O) groups excluding carboxylic acids is 2. The normalized spacial score (nSPS) is 23.6. The van der Waals surface area contributed by atoms with Gasteiger partial charge in [-0.25, -0.2) is 8.42 Å². The van der Waals surface area contributed by atoms with Crippen LogP contribution in [0.3, 0.4) is 0 Å². The summed E-state index contributed by atoms with van der Waals surface area (Å²) in [6.07, 6.45) is 9.00. The van der Waals surface area contributed by atoms with E-state index in [4.69, 9.17) is 23.2 Å². The summed E-state index contributed by atoms with van der Waals surface area (Å²) in [5.74, 6) is 1.52. The average molecular weight is 725 g/mol. The maximum absolute atomic E-state index is 14.5. The highest BCUT2D eigenvalue weighted by molar-refractivity contribution is 7.92. The van der Waals surface area contributed by atoms with Gasteiger partial charge in [-0.2, -0.15) is 0 Å². The van der Waals surface area contributed by atoms with Crippen LogP contribution >= 0.6 is 23.2 Å². The minimum absolute atomic E-state index is 0.0212. The van der Waals surface area contributed by atoms with Crippen LogP contribution in [-0.4, -0.2) is 49.5 Å². The Morgan fingerprint density at radius 3 is 1.98 bits per heavy atom. The van der Waals surface area contributed by atoms with Crippen molar-refractivity contribution in [2.45, 2.75) is 89.3 Å². The van der Waals surface area contributed by atoms with Gasteiger partial charge in [0.25, 0.3) is 0 Å². The summed E-state index contributed by atoms with van der Waals surface area (Å²) in [6.45, 7) is 5.20. The topological polar surface area (TPSA) is 86.8 Å². The molecule has 0 aromatic heterocycles. The highest BCUT2D eigenvalue weighted by atomic mass is 35.5. The van der Waals surface area contributed by atoms with Crippen LogP contribution in [0.25, 0.3) is 0 Å². The first-order valence-corrected chi connectivity index (χ1v) is 19.9. The third-order valence-electron chi connectivity index (χ3n) is 10.6. The molecule has 7 rings (SSSR count). The monoisotopic (exact) mass is 723 g/mol. The van der Waals surface area contributed by atoms with Gasteiger partial charge in [-0.1, -0.05) is 71.7 Å². The van der Waals surface area contributed by atoms with Crippen molar-refractivity contribution in [3.8, 4) is 0 Å². The maximum atomic E-state index is 14.5. The summed E-state index contributed by atoms with van der Waals surface area (Å²) in [6, 6.07) is 21.5. The number of nitrogens with one attached hydrogen (secondary N) is 1. The Kier molecular flexibility index (Phi) is 10.2. The van der Waals surface area contributed by atoms with Crippen LogP contribution in [-0.2, 0) is 38.0 Å². The summed E-state index contributed by atoms with van der Waals surface area (Å²) in [7, 11) is -3.88. The zero-order valence-electron chi connectivity index (χ0n) is 28.8. The molecule has 4 aliphatic carbocycles. The summed E-state index contributed by atoms with van der Waals surface area (Å²) in [5, 5.41) is 3.74. The van der Waals surface area contributed by atoms with Gasteiger partial charge in [0.2, 0.25) is 21.8 Å². The highest BCUT2D eigenvalue weighted by Gasteiger charge is 2.51. The number of halogens is 2. The molecule has 1 N–H and O–H groups in total. The first-order valence-electron chi connectivity index (χ1n) is 17.3. The van der Waals surface area contributed by atoms with Crippen LogP contribution in [0.15, 0.2) is 72.8 Å². The molecule has 1 atom stereocenters. The predicted molar refractivity (Wildman–Crippen MR) is 197 cm³/mol. The van der Waals surface area contributed by atoms with E-state index in [-0.39, 0.29) is 24.3 Å². The van der Waals surface area contributed by atoms with Gasteiger partial charge in [0, 0.05) is 18.5 Å². The number of hydrogen-bond acceptors (Lipinski definition) is 4. The number of rotatable bonds is 11.